The van der Waals surface area contributed by atoms with Gasteiger partial charge in [-0.15, -0.1) is 0 Å². The highest BCUT2D eigenvalue weighted by Crippen LogP contribution is 2.32. The molecule has 0 saturated carbocycles. The molecule has 4 aliphatic rings. The Morgan fingerprint density at radius 3 is 2.62 bits per heavy atom. The summed E-state index contributed by atoms with van der Waals surface area (Å²) >= 11 is 1.53. The number of nitrogens with zero attached hydrogens (tertiary/aromatic N) is 2. The molecule has 24 heavy (non-hydrogen) atoms. The molecule has 2 bridgehead atoms. The Labute approximate surface area is 147 Å². The van der Waals surface area contributed by atoms with E-state index in [9.17, 15) is 4.79 Å². The van der Waals surface area contributed by atoms with Crippen LogP contribution in [0.3, 0.4) is 0 Å². The van der Waals surface area contributed by atoms with Crippen molar-refractivity contribution in [2.24, 2.45) is 5.92 Å². The number of carbonyl (C=O) groups excluding carboxylic acids is 1. The van der Waals surface area contributed by atoms with Crippen molar-refractivity contribution in [2.75, 3.05) is 19.6 Å². The highest BCUT2D eigenvalue weighted by atomic mass is 32.2. The fourth-order valence-corrected chi connectivity index (χ4v) is 4.65. The van der Waals surface area contributed by atoms with Crippen LogP contribution in [0.1, 0.15) is 30.1 Å². The number of carbonyl (C=O) groups is 1. The molecule has 6 heteroatoms. The molecule has 5 nitrogen and oxygen atoms in total. The highest BCUT2D eigenvalue weighted by Gasteiger charge is 2.40. The van der Waals surface area contributed by atoms with E-state index >= 15 is 0 Å². The maximum absolute atomic E-state index is 12.6. The molecule has 128 valence electrons. The fourth-order valence-electron chi connectivity index (χ4n) is 3.91. The molecule has 0 unspecified atom stereocenters. The molecule has 1 aromatic carbocycles. The summed E-state index contributed by atoms with van der Waals surface area (Å²) < 4.78 is 1.80. The third-order valence-corrected chi connectivity index (χ3v) is 6.25. The van der Waals surface area contributed by atoms with Crippen molar-refractivity contribution < 1.29 is 9.63 Å². The van der Waals surface area contributed by atoms with E-state index in [1.807, 2.05) is 30.3 Å². The number of fused-ring (bicyclic) bond motifs is 3. The molecule has 1 aromatic rings. The molecule has 0 spiro atoms. The van der Waals surface area contributed by atoms with Gasteiger partial charge in [-0.25, -0.2) is 0 Å². The lowest BCUT2D eigenvalue weighted by molar-refractivity contribution is 0.0217. The van der Waals surface area contributed by atoms with Crippen LogP contribution in [-0.2, 0) is 4.84 Å². The molecule has 3 fully saturated rings. The SMILES string of the molecule is C[C@@H]1[C@H](NC(=O)c2ccc(SN3CC=CO3)cc2)C2CCN1CC2. The molecule has 2 atom stereocenters. The van der Waals surface area contributed by atoms with Gasteiger partial charge in [-0.2, -0.15) is 0 Å². The van der Waals surface area contributed by atoms with E-state index in [2.05, 4.69) is 17.1 Å². The number of piperidine rings is 3. The normalized spacial score (nSPS) is 31.9. The van der Waals surface area contributed by atoms with Gasteiger partial charge in [0.2, 0.25) is 0 Å². The number of benzene rings is 1. The van der Waals surface area contributed by atoms with Crippen molar-refractivity contribution in [3.05, 3.63) is 42.2 Å². The summed E-state index contributed by atoms with van der Waals surface area (Å²) in [5.41, 5.74) is 0.725. The van der Waals surface area contributed by atoms with E-state index < -0.39 is 0 Å². The number of amides is 1. The minimum Gasteiger partial charge on any atom is -0.403 e. The average molecular weight is 345 g/mol. The second kappa shape index (κ2) is 6.78. The number of nitrogens with one attached hydrogen (secondary N) is 1. The van der Waals surface area contributed by atoms with Gasteiger partial charge in [0.25, 0.3) is 5.91 Å². The van der Waals surface area contributed by atoms with Crippen LogP contribution in [0.25, 0.3) is 0 Å². The van der Waals surface area contributed by atoms with Crippen molar-refractivity contribution in [3.8, 4) is 0 Å². The minimum atomic E-state index is 0.0382. The highest BCUT2D eigenvalue weighted by molar-refractivity contribution is 7.97. The molecule has 1 N–H and O–H groups in total. The molecule has 4 aliphatic heterocycles. The monoisotopic (exact) mass is 345 g/mol. The summed E-state index contributed by atoms with van der Waals surface area (Å²) in [5.74, 6) is 0.667. The van der Waals surface area contributed by atoms with Crippen LogP contribution in [0, 0.1) is 5.92 Å². The molecular formula is C18H23N3O2S. The summed E-state index contributed by atoms with van der Waals surface area (Å²) in [6.07, 6.45) is 6.05. The predicted molar refractivity (Wildman–Crippen MR) is 94.2 cm³/mol. The predicted octanol–water partition coefficient (Wildman–Crippen LogP) is 2.67. The molecule has 5 rings (SSSR count). The van der Waals surface area contributed by atoms with Gasteiger partial charge in [-0.1, -0.05) is 4.47 Å². The zero-order valence-corrected chi connectivity index (χ0v) is 14.7. The topological polar surface area (TPSA) is 44.8 Å². The van der Waals surface area contributed by atoms with Crippen molar-refractivity contribution in [1.82, 2.24) is 14.7 Å². The molecule has 4 heterocycles. The number of rotatable bonds is 4. The lowest BCUT2D eigenvalue weighted by atomic mass is 9.79. The van der Waals surface area contributed by atoms with Gasteiger partial charge < -0.3 is 10.2 Å². The quantitative estimate of drug-likeness (QED) is 0.850. The maximum Gasteiger partial charge on any atom is 0.251 e. The van der Waals surface area contributed by atoms with Crippen LogP contribution in [0.4, 0.5) is 0 Å². The summed E-state index contributed by atoms with van der Waals surface area (Å²) in [7, 11) is 0. The van der Waals surface area contributed by atoms with Crippen LogP contribution in [0.2, 0.25) is 0 Å². The zero-order chi connectivity index (χ0) is 16.5. The summed E-state index contributed by atoms with van der Waals surface area (Å²) in [4.78, 5) is 21.5. The molecule has 0 aromatic heterocycles. The molecular weight excluding hydrogens is 322 g/mol. The number of hydrogen-bond donors (Lipinski definition) is 1. The minimum absolute atomic E-state index is 0.0382. The molecule has 1 amide bonds. The van der Waals surface area contributed by atoms with Crippen LogP contribution < -0.4 is 5.32 Å². The van der Waals surface area contributed by atoms with E-state index in [0.29, 0.717) is 12.0 Å². The van der Waals surface area contributed by atoms with Gasteiger partial charge in [0.1, 0.15) is 6.26 Å². The summed E-state index contributed by atoms with van der Waals surface area (Å²) in [5, 5.41) is 3.28. The van der Waals surface area contributed by atoms with Gasteiger partial charge in [0.15, 0.2) is 0 Å². The van der Waals surface area contributed by atoms with E-state index in [1.165, 1.54) is 37.9 Å². The van der Waals surface area contributed by atoms with Crippen LogP contribution in [0.5, 0.6) is 0 Å². The van der Waals surface area contributed by atoms with Crippen molar-refractivity contribution in [3.63, 3.8) is 0 Å². The molecule has 3 saturated heterocycles. The lowest BCUT2D eigenvalue weighted by Gasteiger charge is -2.49. The van der Waals surface area contributed by atoms with Crippen LogP contribution >= 0.6 is 11.9 Å². The van der Waals surface area contributed by atoms with E-state index in [1.54, 1.807) is 10.7 Å². The first-order chi connectivity index (χ1) is 11.7. The largest absolute Gasteiger partial charge is 0.403 e. The Hall–Kier alpha value is -1.50. The van der Waals surface area contributed by atoms with Gasteiger partial charge in [-0.05, 0) is 81.1 Å². The first-order valence-corrected chi connectivity index (χ1v) is 9.40. The Morgan fingerprint density at radius 2 is 2.00 bits per heavy atom. The Kier molecular flexibility index (Phi) is 4.52. The third kappa shape index (κ3) is 3.18. The van der Waals surface area contributed by atoms with Crippen molar-refractivity contribution >= 4 is 17.9 Å². The Balaban J connectivity index is 1.37. The van der Waals surface area contributed by atoms with E-state index in [-0.39, 0.29) is 11.9 Å². The second-order valence-electron chi connectivity index (χ2n) is 6.72. The van der Waals surface area contributed by atoms with Gasteiger partial charge >= 0.3 is 0 Å². The van der Waals surface area contributed by atoms with Crippen LogP contribution in [0.15, 0.2) is 41.5 Å². The van der Waals surface area contributed by atoms with E-state index in [4.69, 9.17) is 4.84 Å². The van der Waals surface area contributed by atoms with Gasteiger partial charge in [0.05, 0.1) is 6.54 Å². The zero-order valence-electron chi connectivity index (χ0n) is 13.9. The van der Waals surface area contributed by atoms with Gasteiger partial charge in [-0.3, -0.25) is 9.69 Å². The lowest BCUT2D eigenvalue weighted by Crippen LogP contribution is -2.62. The smallest absolute Gasteiger partial charge is 0.251 e. The Bertz CT molecular complexity index is 616. The molecule has 0 radical (unpaired) electrons. The first kappa shape index (κ1) is 16.0. The average Bonchev–Trinajstić information content (AvgIpc) is 3.12. The second-order valence-corrected chi connectivity index (χ2v) is 7.78. The van der Waals surface area contributed by atoms with Crippen LogP contribution in [-0.4, -0.2) is 47.0 Å². The standard InChI is InChI=1S/C18H23N3O2S/c1-13-17(14-7-10-20(13)11-8-14)19-18(22)15-3-5-16(6-4-15)24-21-9-2-12-23-21/h2-6,12-14,17H,7-11H2,1H3,(H,19,22)/t13-,17+/m1/s1. The van der Waals surface area contributed by atoms with Crippen molar-refractivity contribution in [2.45, 2.75) is 36.7 Å². The number of hydroxylamine groups is 1. The third-order valence-electron chi connectivity index (χ3n) is 5.33. The first-order valence-electron chi connectivity index (χ1n) is 8.63. The summed E-state index contributed by atoms with van der Waals surface area (Å²) in [6.45, 7) is 5.36. The fraction of sp³-hybridized carbons (Fsp3) is 0.500. The maximum atomic E-state index is 12.6. The van der Waals surface area contributed by atoms with Gasteiger partial charge in [0, 0.05) is 22.5 Å². The Morgan fingerprint density at radius 1 is 1.25 bits per heavy atom. The van der Waals surface area contributed by atoms with Crippen molar-refractivity contribution in [1.29, 1.82) is 0 Å². The summed E-state index contributed by atoms with van der Waals surface area (Å²) in [6, 6.07) is 8.46. The molecule has 0 aliphatic carbocycles. The van der Waals surface area contributed by atoms with E-state index in [0.717, 1.165) is 17.0 Å². The number of hydrogen-bond acceptors (Lipinski definition) is 5.